The number of hydrogen-bond acceptors (Lipinski definition) is 5. The maximum Gasteiger partial charge on any atom is 0.322 e. The Balaban J connectivity index is 1.36. The number of anilines is 1. The summed E-state index contributed by atoms with van der Waals surface area (Å²) in [6.45, 7) is 0.777. The average Bonchev–Trinajstić information content (AvgIpc) is 2.84. The number of nitrogens with one attached hydrogen (secondary N) is 2. The number of rotatable bonds is 5. The fraction of sp³-hybridized carbons (Fsp3) is 0.440. The van der Waals surface area contributed by atoms with Crippen molar-refractivity contribution in [2.45, 2.75) is 50.2 Å². The minimum atomic E-state index is -0.832. The lowest BCUT2D eigenvalue weighted by Crippen LogP contribution is -2.58. The smallest absolute Gasteiger partial charge is 0.322 e. The molecule has 0 aromatic heterocycles. The van der Waals surface area contributed by atoms with Gasteiger partial charge in [-0.1, -0.05) is 46.9 Å². The summed E-state index contributed by atoms with van der Waals surface area (Å²) < 4.78 is 11.8. The molecule has 0 saturated carbocycles. The molecule has 4 atom stereocenters. The number of fused-ring (bicyclic) bond motifs is 1. The number of aliphatic hydroxyl groups is 1. The van der Waals surface area contributed by atoms with Crippen LogP contribution in [-0.4, -0.2) is 66.1 Å². The molecule has 0 bridgehead atoms. The number of β-amino-alcohol motifs (C(OH)–C–C–N with tert-alkyl or cyclic N) is 1. The van der Waals surface area contributed by atoms with Crippen LogP contribution in [0.25, 0.3) is 0 Å². The van der Waals surface area contributed by atoms with E-state index >= 15 is 0 Å². The number of hydrogen-bond donors (Lipinski definition) is 3. The number of halogens is 3. The second-order valence-corrected chi connectivity index (χ2v) is 10.2. The van der Waals surface area contributed by atoms with Gasteiger partial charge in [-0.15, -0.1) is 0 Å². The minimum absolute atomic E-state index is 0.0787. The standard InChI is InChI=1S/C25H28Cl3N3O5/c26-16-3-1-15(2-4-16)11-29-24(33)10-19-6-8-22-23(36-19)14-35-13-18(32)12-31(22)25(34)30-17-5-7-20(27)21(28)9-17/h1-5,7,9,18-19,22-23,32H,6,8,10-14H2,(H,29,33)(H,30,34)/t18-,19+,22-,23+/m0/s1. The second-order valence-electron chi connectivity index (χ2n) is 8.95. The van der Waals surface area contributed by atoms with Crippen LogP contribution in [0.5, 0.6) is 0 Å². The normalized spacial score (nSPS) is 24.3. The molecular formula is C25H28Cl3N3O5. The molecule has 0 radical (unpaired) electrons. The third-order valence-corrected chi connectivity index (χ3v) is 7.22. The molecular weight excluding hydrogens is 529 g/mol. The van der Waals surface area contributed by atoms with E-state index in [1.165, 1.54) is 0 Å². The Morgan fingerprint density at radius 3 is 2.56 bits per heavy atom. The first-order chi connectivity index (χ1) is 17.3. The van der Waals surface area contributed by atoms with Gasteiger partial charge in [-0.3, -0.25) is 4.79 Å². The van der Waals surface area contributed by atoms with Crippen molar-refractivity contribution in [1.29, 1.82) is 0 Å². The van der Waals surface area contributed by atoms with Gasteiger partial charge in [0.2, 0.25) is 5.91 Å². The van der Waals surface area contributed by atoms with Crippen LogP contribution in [0.3, 0.4) is 0 Å². The van der Waals surface area contributed by atoms with Crippen molar-refractivity contribution in [2.24, 2.45) is 0 Å². The molecule has 0 unspecified atom stereocenters. The molecule has 8 nitrogen and oxygen atoms in total. The number of ether oxygens (including phenoxy) is 2. The van der Waals surface area contributed by atoms with Gasteiger partial charge in [-0.25, -0.2) is 4.79 Å². The third kappa shape index (κ3) is 7.25. The quantitative estimate of drug-likeness (QED) is 0.504. The highest BCUT2D eigenvalue weighted by molar-refractivity contribution is 6.42. The number of carbonyl (C=O) groups excluding carboxylic acids is 2. The number of aliphatic hydroxyl groups excluding tert-OH is 1. The topological polar surface area (TPSA) is 100 Å². The zero-order valence-electron chi connectivity index (χ0n) is 19.5. The highest BCUT2D eigenvalue weighted by atomic mass is 35.5. The molecule has 4 rings (SSSR count). The minimum Gasteiger partial charge on any atom is -0.389 e. The summed E-state index contributed by atoms with van der Waals surface area (Å²) in [6.07, 6.45) is -0.173. The molecule has 2 aromatic rings. The lowest BCUT2D eigenvalue weighted by molar-refractivity contribution is -0.149. The number of amides is 3. The van der Waals surface area contributed by atoms with E-state index in [2.05, 4.69) is 10.6 Å². The molecule has 3 N–H and O–H groups in total. The molecule has 36 heavy (non-hydrogen) atoms. The van der Waals surface area contributed by atoms with E-state index in [0.29, 0.717) is 40.1 Å². The predicted octanol–water partition coefficient (Wildman–Crippen LogP) is 4.49. The number of nitrogens with zero attached hydrogens (tertiary/aromatic N) is 1. The van der Waals surface area contributed by atoms with E-state index in [4.69, 9.17) is 44.3 Å². The van der Waals surface area contributed by atoms with Crippen molar-refractivity contribution in [3.8, 4) is 0 Å². The molecule has 2 aliphatic heterocycles. The van der Waals surface area contributed by atoms with E-state index in [-0.39, 0.29) is 50.3 Å². The number of carbonyl (C=O) groups is 2. The molecule has 194 valence electrons. The van der Waals surface area contributed by atoms with Crippen LogP contribution in [0.2, 0.25) is 15.1 Å². The summed E-state index contributed by atoms with van der Waals surface area (Å²) in [5.74, 6) is -0.121. The summed E-state index contributed by atoms with van der Waals surface area (Å²) >= 11 is 17.9. The Labute approximate surface area is 224 Å². The van der Waals surface area contributed by atoms with Crippen molar-refractivity contribution >= 4 is 52.4 Å². The fourth-order valence-electron chi connectivity index (χ4n) is 4.43. The zero-order chi connectivity index (χ0) is 25.7. The lowest BCUT2D eigenvalue weighted by atomic mass is 9.95. The number of benzene rings is 2. The molecule has 2 fully saturated rings. The van der Waals surface area contributed by atoms with Gasteiger partial charge in [0.15, 0.2) is 0 Å². The molecule has 2 heterocycles. The van der Waals surface area contributed by atoms with Gasteiger partial charge in [0.25, 0.3) is 0 Å². The van der Waals surface area contributed by atoms with E-state index < -0.39 is 12.2 Å². The highest BCUT2D eigenvalue weighted by Crippen LogP contribution is 2.29. The second kappa shape index (κ2) is 12.4. The van der Waals surface area contributed by atoms with Gasteiger partial charge >= 0.3 is 6.03 Å². The Kier molecular flexibility index (Phi) is 9.33. The Bertz CT molecular complexity index is 1070. The van der Waals surface area contributed by atoms with Gasteiger partial charge in [0.1, 0.15) is 6.10 Å². The fourth-order valence-corrected chi connectivity index (χ4v) is 4.85. The largest absolute Gasteiger partial charge is 0.389 e. The van der Waals surface area contributed by atoms with Crippen molar-refractivity contribution in [3.05, 3.63) is 63.1 Å². The summed E-state index contributed by atoms with van der Waals surface area (Å²) in [4.78, 5) is 27.3. The van der Waals surface area contributed by atoms with Gasteiger partial charge < -0.3 is 30.1 Å². The Morgan fingerprint density at radius 2 is 1.81 bits per heavy atom. The van der Waals surface area contributed by atoms with Crippen LogP contribution >= 0.6 is 34.8 Å². The molecule has 2 saturated heterocycles. The number of urea groups is 1. The summed E-state index contributed by atoms with van der Waals surface area (Å²) in [6, 6.07) is 11.4. The lowest BCUT2D eigenvalue weighted by Gasteiger charge is -2.44. The van der Waals surface area contributed by atoms with Crippen LogP contribution in [0.15, 0.2) is 42.5 Å². The van der Waals surface area contributed by atoms with Crippen LogP contribution in [-0.2, 0) is 20.8 Å². The summed E-state index contributed by atoms with van der Waals surface area (Å²) in [5.41, 5.74) is 1.44. The van der Waals surface area contributed by atoms with Crippen molar-refractivity contribution < 1.29 is 24.2 Å². The van der Waals surface area contributed by atoms with Gasteiger partial charge in [-0.2, -0.15) is 0 Å². The van der Waals surface area contributed by atoms with Gasteiger partial charge in [-0.05, 0) is 48.7 Å². The summed E-state index contributed by atoms with van der Waals surface area (Å²) in [7, 11) is 0. The van der Waals surface area contributed by atoms with Gasteiger partial charge in [0, 0.05) is 17.3 Å². The first-order valence-electron chi connectivity index (χ1n) is 11.7. The third-order valence-electron chi connectivity index (χ3n) is 6.23. The Hall–Kier alpha value is -2.07. The monoisotopic (exact) mass is 555 g/mol. The first-order valence-corrected chi connectivity index (χ1v) is 12.9. The molecule has 2 aromatic carbocycles. The molecule has 11 heteroatoms. The Morgan fingerprint density at radius 1 is 1.03 bits per heavy atom. The molecule has 0 spiro atoms. The van der Waals surface area contributed by atoms with Crippen molar-refractivity contribution in [3.63, 3.8) is 0 Å². The van der Waals surface area contributed by atoms with Gasteiger partial charge in [0.05, 0.1) is 54.5 Å². The zero-order valence-corrected chi connectivity index (χ0v) is 21.7. The maximum atomic E-state index is 13.2. The van der Waals surface area contributed by atoms with Crippen LogP contribution in [0.1, 0.15) is 24.8 Å². The van der Waals surface area contributed by atoms with Crippen molar-refractivity contribution in [1.82, 2.24) is 10.2 Å². The first kappa shape index (κ1) is 27.0. The van der Waals surface area contributed by atoms with E-state index in [1.54, 1.807) is 35.2 Å². The van der Waals surface area contributed by atoms with Crippen LogP contribution < -0.4 is 10.6 Å². The molecule has 3 amide bonds. The maximum absolute atomic E-state index is 13.2. The van der Waals surface area contributed by atoms with E-state index in [1.807, 2.05) is 12.1 Å². The SMILES string of the molecule is O=C(C[C@H]1CC[C@H]2[C@@H](COC[C@@H](O)CN2C(=O)Nc2ccc(Cl)c(Cl)c2)O1)NCc1ccc(Cl)cc1. The average molecular weight is 557 g/mol. The van der Waals surface area contributed by atoms with Crippen molar-refractivity contribution in [2.75, 3.05) is 25.1 Å². The molecule has 0 aliphatic carbocycles. The predicted molar refractivity (Wildman–Crippen MR) is 139 cm³/mol. The van der Waals surface area contributed by atoms with Crippen LogP contribution in [0, 0.1) is 0 Å². The summed E-state index contributed by atoms with van der Waals surface area (Å²) in [5, 5.41) is 17.4. The highest BCUT2D eigenvalue weighted by Gasteiger charge is 2.40. The van der Waals surface area contributed by atoms with E-state index in [0.717, 1.165) is 5.56 Å². The van der Waals surface area contributed by atoms with Crippen LogP contribution in [0.4, 0.5) is 10.5 Å². The van der Waals surface area contributed by atoms with E-state index in [9.17, 15) is 14.7 Å². The molecule has 2 aliphatic rings.